The summed E-state index contributed by atoms with van der Waals surface area (Å²) in [4.78, 5) is 43.5. The average molecular weight is 504 g/mol. The first-order chi connectivity index (χ1) is 13.9. The van der Waals surface area contributed by atoms with Gasteiger partial charge in [-0.2, -0.15) is 0 Å². The summed E-state index contributed by atoms with van der Waals surface area (Å²) < 4.78 is 6.28. The van der Waals surface area contributed by atoms with Crippen LogP contribution in [0.4, 0.5) is 4.79 Å². The minimum atomic E-state index is -1.58. The lowest BCUT2D eigenvalue weighted by Crippen LogP contribution is -2.52. The second kappa shape index (κ2) is 6.17. The van der Waals surface area contributed by atoms with Gasteiger partial charge in [0.2, 0.25) is 0 Å². The molecule has 0 aliphatic carbocycles. The fourth-order valence-electron chi connectivity index (χ4n) is 3.75. The molecule has 5 rings (SSSR count). The number of carbonyl (C=O) groups excluding carboxylic acids is 3. The molecule has 4 heterocycles. The predicted octanol–water partition coefficient (Wildman–Crippen LogP) is 1.83. The van der Waals surface area contributed by atoms with Crippen LogP contribution in [0.3, 0.4) is 0 Å². The van der Waals surface area contributed by atoms with Gasteiger partial charge in [0, 0.05) is 18.8 Å². The number of urea groups is 1. The minimum absolute atomic E-state index is 0.0181. The van der Waals surface area contributed by atoms with E-state index in [2.05, 4.69) is 15.6 Å². The molecule has 29 heavy (non-hydrogen) atoms. The molecule has 2 aromatic heterocycles. The number of nitrogens with one attached hydrogen (secondary N) is 2. The largest absolute Gasteiger partial charge is 0.507 e. The standard InChI is InChI=1S/C19H13IN4O5/c20-15-11(25)4-3-9-7-24(16(26)14(9)15)8-19(17(27)22-18(28)23-19)13-6-10-12(29-13)2-1-5-21-10/h1-6,25H,7-8H2,(H2,22,23,27,28)/t19-/m0/s1. The summed E-state index contributed by atoms with van der Waals surface area (Å²) in [6, 6.07) is 7.53. The molecule has 1 fully saturated rings. The monoisotopic (exact) mass is 504 g/mol. The van der Waals surface area contributed by atoms with Crippen LogP contribution in [-0.4, -0.2) is 39.4 Å². The van der Waals surface area contributed by atoms with Crippen LogP contribution < -0.4 is 10.6 Å². The zero-order valence-corrected chi connectivity index (χ0v) is 16.9. The van der Waals surface area contributed by atoms with Crippen molar-refractivity contribution in [2.45, 2.75) is 12.1 Å². The van der Waals surface area contributed by atoms with Crippen molar-refractivity contribution in [1.29, 1.82) is 0 Å². The molecule has 146 valence electrons. The van der Waals surface area contributed by atoms with Crippen molar-refractivity contribution in [1.82, 2.24) is 20.5 Å². The van der Waals surface area contributed by atoms with Crippen LogP contribution in [0, 0.1) is 3.57 Å². The highest BCUT2D eigenvalue weighted by molar-refractivity contribution is 14.1. The Kier molecular flexibility index (Phi) is 3.81. The summed E-state index contributed by atoms with van der Waals surface area (Å²) in [7, 11) is 0. The molecular weight excluding hydrogens is 491 g/mol. The van der Waals surface area contributed by atoms with Crippen LogP contribution in [-0.2, 0) is 16.9 Å². The highest BCUT2D eigenvalue weighted by Gasteiger charge is 2.53. The third-order valence-corrected chi connectivity index (χ3v) is 6.24. The van der Waals surface area contributed by atoms with E-state index in [1.807, 2.05) is 22.6 Å². The van der Waals surface area contributed by atoms with E-state index in [-0.39, 0.29) is 30.5 Å². The van der Waals surface area contributed by atoms with Crippen molar-refractivity contribution < 1.29 is 23.9 Å². The van der Waals surface area contributed by atoms with E-state index >= 15 is 0 Å². The third kappa shape index (κ3) is 2.58. The Balaban J connectivity index is 1.57. The van der Waals surface area contributed by atoms with Crippen molar-refractivity contribution in [2.24, 2.45) is 0 Å². The summed E-state index contributed by atoms with van der Waals surface area (Å²) in [5, 5.41) is 14.8. The van der Waals surface area contributed by atoms with Gasteiger partial charge >= 0.3 is 6.03 Å². The summed E-state index contributed by atoms with van der Waals surface area (Å²) in [6.07, 6.45) is 1.59. The van der Waals surface area contributed by atoms with Crippen LogP contribution in [0.15, 0.2) is 40.9 Å². The molecular formula is C19H13IN4O5. The predicted molar refractivity (Wildman–Crippen MR) is 108 cm³/mol. The van der Waals surface area contributed by atoms with Gasteiger partial charge in [0.15, 0.2) is 11.1 Å². The zero-order valence-electron chi connectivity index (χ0n) is 14.7. The Morgan fingerprint density at radius 3 is 2.83 bits per heavy atom. The number of rotatable bonds is 3. The van der Waals surface area contributed by atoms with Gasteiger partial charge in [-0.1, -0.05) is 6.07 Å². The zero-order chi connectivity index (χ0) is 20.3. The summed E-state index contributed by atoms with van der Waals surface area (Å²) >= 11 is 1.92. The molecule has 0 bridgehead atoms. The molecule has 2 aliphatic rings. The van der Waals surface area contributed by atoms with Crippen LogP contribution in [0.25, 0.3) is 11.1 Å². The number of aromatic hydroxyl groups is 1. The molecule has 10 heteroatoms. The Hall–Kier alpha value is -3.15. The fraction of sp³-hybridized carbons (Fsp3) is 0.158. The minimum Gasteiger partial charge on any atom is -0.507 e. The van der Waals surface area contributed by atoms with Crippen molar-refractivity contribution in [3.05, 3.63) is 57.0 Å². The Labute approximate surface area is 177 Å². The number of imide groups is 1. The van der Waals surface area contributed by atoms with Gasteiger partial charge in [0.05, 0.1) is 15.7 Å². The Morgan fingerprint density at radius 1 is 1.28 bits per heavy atom. The summed E-state index contributed by atoms with van der Waals surface area (Å²) in [6.45, 7) is 0.114. The first-order valence-corrected chi connectivity index (χ1v) is 9.75. The van der Waals surface area contributed by atoms with E-state index in [9.17, 15) is 19.5 Å². The highest BCUT2D eigenvalue weighted by Crippen LogP contribution is 2.36. The number of fused-ring (bicyclic) bond motifs is 2. The van der Waals surface area contributed by atoms with Crippen LogP contribution in [0.5, 0.6) is 5.75 Å². The number of amides is 4. The molecule has 0 radical (unpaired) electrons. The number of furan rings is 1. The third-order valence-electron chi connectivity index (χ3n) is 5.15. The van der Waals surface area contributed by atoms with E-state index in [4.69, 9.17) is 4.42 Å². The summed E-state index contributed by atoms with van der Waals surface area (Å²) in [5.41, 5.74) is 0.556. The second-order valence-corrected chi connectivity index (χ2v) is 7.98. The van der Waals surface area contributed by atoms with E-state index < -0.39 is 17.5 Å². The molecule has 3 N–H and O–H groups in total. The lowest BCUT2D eigenvalue weighted by Gasteiger charge is -2.29. The molecule has 1 saturated heterocycles. The lowest BCUT2D eigenvalue weighted by atomic mass is 9.95. The molecule has 2 aliphatic heterocycles. The number of hydrogen-bond donors (Lipinski definition) is 3. The van der Waals surface area contributed by atoms with Gasteiger partial charge in [-0.05, 0) is 46.4 Å². The highest BCUT2D eigenvalue weighted by atomic mass is 127. The van der Waals surface area contributed by atoms with Crippen molar-refractivity contribution in [3.63, 3.8) is 0 Å². The quantitative estimate of drug-likeness (QED) is 0.370. The number of phenolic OH excluding ortho intramolecular Hbond substituents is 1. The molecule has 1 atom stereocenters. The summed E-state index contributed by atoms with van der Waals surface area (Å²) in [5.74, 6) is -0.730. The number of halogens is 1. The maximum Gasteiger partial charge on any atom is 0.322 e. The second-order valence-electron chi connectivity index (χ2n) is 6.91. The lowest BCUT2D eigenvalue weighted by molar-refractivity contribution is -0.125. The molecule has 4 amide bonds. The first-order valence-electron chi connectivity index (χ1n) is 8.67. The number of hydrogen-bond acceptors (Lipinski definition) is 6. The molecule has 1 aromatic carbocycles. The Morgan fingerprint density at radius 2 is 2.10 bits per heavy atom. The molecule has 0 saturated carbocycles. The van der Waals surface area contributed by atoms with E-state index in [0.29, 0.717) is 20.2 Å². The van der Waals surface area contributed by atoms with E-state index in [1.54, 1.807) is 30.5 Å². The van der Waals surface area contributed by atoms with Crippen LogP contribution in [0.2, 0.25) is 0 Å². The van der Waals surface area contributed by atoms with E-state index in [1.165, 1.54) is 11.0 Å². The van der Waals surface area contributed by atoms with Gasteiger partial charge in [-0.15, -0.1) is 0 Å². The first kappa shape index (κ1) is 17.9. The van der Waals surface area contributed by atoms with Crippen LogP contribution in [0.1, 0.15) is 21.7 Å². The van der Waals surface area contributed by atoms with Gasteiger partial charge < -0.3 is 19.7 Å². The maximum absolute atomic E-state index is 13.0. The number of benzene rings is 1. The molecule has 9 nitrogen and oxygen atoms in total. The fourth-order valence-corrected chi connectivity index (χ4v) is 4.51. The van der Waals surface area contributed by atoms with Gasteiger partial charge in [0.25, 0.3) is 11.8 Å². The molecule has 3 aromatic rings. The topological polar surface area (TPSA) is 125 Å². The number of carbonyl (C=O) groups is 3. The van der Waals surface area contributed by atoms with Crippen LogP contribution >= 0.6 is 22.6 Å². The van der Waals surface area contributed by atoms with Crippen molar-refractivity contribution in [3.8, 4) is 5.75 Å². The average Bonchev–Trinajstić information content (AvgIpc) is 3.34. The smallest absolute Gasteiger partial charge is 0.322 e. The van der Waals surface area contributed by atoms with E-state index in [0.717, 1.165) is 5.56 Å². The van der Waals surface area contributed by atoms with Crippen molar-refractivity contribution in [2.75, 3.05) is 6.54 Å². The van der Waals surface area contributed by atoms with Gasteiger partial charge in [-0.3, -0.25) is 19.9 Å². The van der Waals surface area contributed by atoms with Gasteiger partial charge in [-0.25, -0.2) is 4.79 Å². The number of aromatic nitrogens is 1. The SMILES string of the molecule is O=C1NC(=O)[C@](CN2Cc3ccc(O)c(I)c3C2=O)(c2cc3ncccc3o2)N1. The maximum atomic E-state index is 13.0. The number of pyridine rings is 1. The number of phenols is 1. The number of nitrogens with zero attached hydrogens (tertiary/aromatic N) is 2. The molecule has 0 spiro atoms. The van der Waals surface area contributed by atoms with Gasteiger partial charge in [0.1, 0.15) is 17.0 Å². The normalized spacial score (nSPS) is 20.9. The Bertz CT molecular complexity index is 1190. The molecule has 0 unspecified atom stereocenters. The van der Waals surface area contributed by atoms with Crippen molar-refractivity contribution >= 4 is 51.5 Å².